The van der Waals surface area contributed by atoms with Crippen LogP contribution in [0.15, 0.2) is 418 Å². The van der Waals surface area contributed by atoms with Crippen molar-refractivity contribution in [2.75, 3.05) is 39.6 Å². The molecular weight excluding hydrogens is 2010 g/mol. The maximum absolute atomic E-state index is 13.9. The van der Waals surface area contributed by atoms with E-state index in [9.17, 15) is 61.1 Å². The molecule has 0 aliphatic rings. The van der Waals surface area contributed by atoms with Crippen molar-refractivity contribution >= 4 is 63.7 Å². The summed E-state index contributed by atoms with van der Waals surface area (Å²) in [7, 11) is -10.3. The Kier molecular flexibility index (Phi) is 46.9. The van der Waals surface area contributed by atoms with E-state index in [2.05, 4.69) is 347 Å². The molecule has 0 saturated carbocycles. The summed E-state index contributed by atoms with van der Waals surface area (Å²) in [5.41, 5.74) is 7.25. The maximum atomic E-state index is 13.9. The summed E-state index contributed by atoms with van der Waals surface area (Å²) < 4.78 is 207. The van der Waals surface area contributed by atoms with Gasteiger partial charge in [0.25, 0.3) is 0 Å². The van der Waals surface area contributed by atoms with Crippen molar-refractivity contribution in [1.29, 1.82) is 0 Å². The molecule has 0 amide bonds. The number of benzene rings is 16. The van der Waals surface area contributed by atoms with Crippen LogP contribution in [0.25, 0.3) is 10.8 Å². The molecule has 16 aromatic carbocycles. The smallest absolute Gasteiger partial charge is 0.205 e. The van der Waals surface area contributed by atoms with Crippen LogP contribution in [-0.4, -0.2) is 65.6 Å². The van der Waals surface area contributed by atoms with Crippen molar-refractivity contribution in [3.63, 3.8) is 0 Å². The molecule has 25 heteroatoms. The monoisotopic (exact) mass is 2130 g/mol. The maximum Gasteiger partial charge on any atom is 0.205 e. The molecule has 16 aromatic rings. The Bertz CT molecular complexity index is 6610. The minimum atomic E-state index is -5.77. The molecule has 150 heavy (non-hydrogen) atoms. The summed E-state index contributed by atoms with van der Waals surface area (Å²) in [5.74, 6) is -12.9. The Hall–Kier alpha value is -13.1. The lowest BCUT2D eigenvalue weighted by molar-refractivity contribution is 0.199. The van der Waals surface area contributed by atoms with Gasteiger partial charge in [0.1, 0.15) is 72.2 Å². The number of hydrogen-bond donors (Lipinski definition) is 0. The number of aryl methyl sites for hydroxylation is 3. The van der Waals surface area contributed by atoms with E-state index in [1.165, 1.54) is 102 Å². The zero-order chi connectivity index (χ0) is 107. The van der Waals surface area contributed by atoms with Crippen LogP contribution in [0.2, 0.25) is 0 Å². The molecule has 0 fully saturated rings. The second-order valence-corrected chi connectivity index (χ2v) is 44.4. The molecule has 3 atom stereocenters. The number of unbranched alkanes of at least 4 members (excludes halogenated alkanes) is 7. The standard InChI is InChI=1S/C27H36F4O2.C22H20F4O5S.C21H21S.C19H24O5S.2C18H15S/c1-4-19(2)21-13-15-22(16-14-21)32-17-11-9-7-5-6-8-10-12-18-33-27-25(30)23(28)20(3)24(29)26(27)31;1-3-12(2)13-4-5-15-11-16(7-6-14(15)10-13)30-8-9-31-21-17(23)19(25)22(32(27,28)29)20(26)18(21)24;1-16-10-4-7-13-19(16)22(20-14-8-5-11-17(20)2)21-15-9-6-12-18(21)3;1-3-15(2)16-5-7-17(8-6-16)23-13-4-14-24-18-9-11-19(12-10-18)25(20,21)22;2*1-4-10-16(11-5-1)19(17-12-6-2-7-13-17)18-14-8-3-9-15-18/h13-16,19H,4-12,17-18H2,1-3H3;4-7,10-12H,3,8-9H2,1-2H3,(H,27,28,29);4-15H,1-3H3;5-12,15H,3-4,13-14H2,1-2H3,(H,20,21,22);2*1-15H/q;;+1;;2*+1/p-2. The molecule has 0 aromatic heterocycles. The summed E-state index contributed by atoms with van der Waals surface area (Å²) in [6.45, 7) is 21.6. The predicted octanol–water partition coefficient (Wildman–Crippen LogP) is 33.1. The predicted molar refractivity (Wildman–Crippen MR) is 586 cm³/mol. The van der Waals surface area contributed by atoms with Crippen LogP contribution in [0, 0.1) is 74.2 Å². The third kappa shape index (κ3) is 34.7. The number of halogens is 8. The Morgan fingerprint density at radius 3 is 0.847 bits per heavy atom. The quantitative estimate of drug-likeness (QED) is 0.0117. The van der Waals surface area contributed by atoms with E-state index in [-0.39, 0.29) is 50.8 Å². The van der Waals surface area contributed by atoms with Gasteiger partial charge in [-0.2, -0.15) is 17.6 Å². The minimum absolute atomic E-state index is 0.0146. The van der Waals surface area contributed by atoms with Crippen molar-refractivity contribution < 1.29 is 89.5 Å². The van der Waals surface area contributed by atoms with Crippen LogP contribution in [0.4, 0.5) is 35.1 Å². The lowest BCUT2D eigenvalue weighted by atomic mass is 9.96. The van der Waals surface area contributed by atoms with Crippen molar-refractivity contribution in [2.45, 2.75) is 218 Å². The van der Waals surface area contributed by atoms with Gasteiger partial charge in [-0.15, -0.1) is 0 Å². The summed E-state index contributed by atoms with van der Waals surface area (Å²) in [6.07, 6.45) is 11.7. The topological polar surface area (TPSA) is 170 Å². The summed E-state index contributed by atoms with van der Waals surface area (Å²) >= 11 is 0. The highest BCUT2D eigenvalue weighted by Gasteiger charge is 2.35. The molecule has 0 radical (unpaired) electrons. The SMILES string of the molecule is CCC(C)c1ccc(OCCCCCCCCCCOc2c(F)c(F)c(C)c(F)c2F)cc1.CCC(C)c1ccc(OCCCOc2ccc(S(=O)(=O)[O-])cc2)cc1.CCC(C)c1ccc2cc(OCCOc3c(F)c(F)c(S(=O)(=O)[O-])c(F)c3F)ccc2c1.Cc1ccccc1[S+](c1ccccc1C)c1ccccc1C.c1ccc([S+](c2ccccc2)c2ccccc2)cc1.c1ccc([S+](c2ccccc2)c2ccccc2)cc1. The third-order valence-corrected chi connectivity index (χ3v) is 33.8. The van der Waals surface area contributed by atoms with E-state index in [0.29, 0.717) is 61.9 Å². The highest BCUT2D eigenvalue weighted by molar-refractivity contribution is 7.97. The van der Waals surface area contributed by atoms with E-state index in [1.807, 2.05) is 42.5 Å². The van der Waals surface area contributed by atoms with Crippen LogP contribution >= 0.6 is 0 Å². The van der Waals surface area contributed by atoms with Crippen molar-refractivity contribution in [1.82, 2.24) is 0 Å². The van der Waals surface area contributed by atoms with Gasteiger partial charge in [0.2, 0.25) is 23.3 Å². The van der Waals surface area contributed by atoms with Gasteiger partial charge in [0, 0.05) is 28.7 Å². The van der Waals surface area contributed by atoms with E-state index in [4.69, 9.17) is 28.4 Å². The highest BCUT2D eigenvalue weighted by atomic mass is 32.2. The van der Waals surface area contributed by atoms with Crippen LogP contribution in [0.5, 0.6) is 34.5 Å². The van der Waals surface area contributed by atoms with Crippen molar-refractivity contribution in [3.05, 3.63) is 449 Å². The molecule has 786 valence electrons. The molecule has 0 bridgehead atoms. The molecule has 0 aliphatic carbocycles. The second kappa shape index (κ2) is 60.1. The van der Waals surface area contributed by atoms with Gasteiger partial charge in [-0.05, 0) is 257 Å². The summed E-state index contributed by atoms with van der Waals surface area (Å²) in [4.78, 5) is 9.94. The fraction of sp³-hybridized carbons (Fsp3) is 0.248. The zero-order valence-electron chi connectivity index (χ0n) is 86.1. The molecule has 3 unspecified atom stereocenters. The van der Waals surface area contributed by atoms with E-state index >= 15 is 0 Å². The number of hydrogen-bond acceptors (Lipinski definition) is 12. The molecule has 0 spiro atoms. The highest BCUT2D eigenvalue weighted by Crippen LogP contribution is 2.40. The molecular formula is C125H129F8O12S5+. The average molecular weight is 2140 g/mol. The Labute approximate surface area is 888 Å². The van der Waals surface area contributed by atoms with E-state index < -0.39 is 95.3 Å². The molecule has 0 aliphatic heterocycles. The molecule has 12 nitrogen and oxygen atoms in total. The van der Waals surface area contributed by atoms with Crippen molar-refractivity contribution in [3.8, 4) is 34.5 Å². The fourth-order valence-corrected chi connectivity index (χ4v) is 23.7. The number of rotatable bonds is 41. The Balaban J connectivity index is 0.000000173. The van der Waals surface area contributed by atoms with Crippen LogP contribution in [-0.2, 0) is 52.9 Å². The number of fused-ring (bicyclic) bond motifs is 1. The normalized spacial score (nSPS) is 11.8. The first-order valence-electron chi connectivity index (χ1n) is 50.3. The van der Waals surface area contributed by atoms with Gasteiger partial charge in [0.05, 0.1) is 53.1 Å². The lowest BCUT2D eigenvalue weighted by Gasteiger charge is -2.15. The van der Waals surface area contributed by atoms with Crippen LogP contribution in [0.3, 0.4) is 0 Å². The van der Waals surface area contributed by atoms with Crippen LogP contribution in [0.1, 0.15) is 175 Å². The van der Waals surface area contributed by atoms with Crippen molar-refractivity contribution in [2.24, 2.45) is 0 Å². The van der Waals surface area contributed by atoms with Gasteiger partial charge in [0.15, 0.2) is 78.8 Å². The van der Waals surface area contributed by atoms with E-state index in [1.54, 1.807) is 12.1 Å². The second-order valence-electron chi connectivity index (χ2n) is 35.7. The van der Waals surface area contributed by atoms with Crippen LogP contribution < -0.4 is 28.4 Å². The van der Waals surface area contributed by atoms with Gasteiger partial charge < -0.3 is 37.5 Å². The molecule has 0 saturated heterocycles. The first kappa shape index (κ1) is 117. The fourth-order valence-electron chi connectivity index (χ4n) is 15.9. The summed E-state index contributed by atoms with van der Waals surface area (Å²) in [6, 6.07) is 124. The Morgan fingerprint density at radius 1 is 0.253 bits per heavy atom. The average Bonchev–Trinajstić information content (AvgIpc) is 0.769. The molecule has 0 heterocycles. The van der Waals surface area contributed by atoms with Gasteiger partial charge in [-0.25, -0.2) is 34.4 Å². The molecule has 16 rings (SSSR count). The zero-order valence-corrected chi connectivity index (χ0v) is 90.1. The lowest BCUT2D eigenvalue weighted by Crippen LogP contribution is -2.15. The van der Waals surface area contributed by atoms with Gasteiger partial charge >= 0.3 is 0 Å². The summed E-state index contributed by atoms with van der Waals surface area (Å²) in [5, 5.41) is 1.92. The Morgan fingerprint density at radius 2 is 0.513 bits per heavy atom. The largest absolute Gasteiger partial charge is 0.744 e. The van der Waals surface area contributed by atoms with E-state index in [0.717, 1.165) is 93.4 Å². The van der Waals surface area contributed by atoms with Gasteiger partial charge in [-0.1, -0.05) is 292 Å². The third-order valence-electron chi connectivity index (χ3n) is 24.9. The number of ether oxygens (including phenoxy) is 6. The van der Waals surface area contributed by atoms with Gasteiger partial charge in [-0.3, -0.25) is 0 Å². The minimum Gasteiger partial charge on any atom is -0.744 e. The first-order chi connectivity index (χ1) is 72.4. The first-order valence-corrected chi connectivity index (χ1v) is 56.8. The molecule has 0 N–H and O–H groups in total.